The van der Waals surface area contributed by atoms with Crippen LogP contribution in [0.3, 0.4) is 0 Å². The van der Waals surface area contributed by atoms with E-state index in [2.05, 4.69) is 4.98 Å². The summed E-state index contributed by atoms with van der Waals surface area (Å²) in [6, 6.07) is 5.06. The van der Waals surface area contributed by atoms with Crippen molar-refractivity contribution in [2.24, 2.45) is 0 Å². The van der Waals surface area contributed by atoms with Crippen molar-refractivity contribution >= 4 is 5.82 Å². The van der Waals surface area contributed by atoms with Crippen LogP contribution in [0.2, 0.25) is 0 Å². The lowest BCUT2D eigenvalue weighted by molar-refractivity contribution is 0.619. The number of nitrogen functional groups attached to an aromatic ring is 1. The minimum Gasteiger partial charge on any atom is -0.383 e. The molecule has 0 aliphatic rings. The molecule has 0 unspecified atom stereocenters. The quantitative estimate of drug-likeness (QED) is 0.866. The third-order valence-electron chi connectivity index (χ3n) is 2.96. The van der Waals surface area contributed by atoms with Gasteiger partial charge in [0.15, 0.2) is 0 Å². The first-order chi connectivity index (χ1) is 8.04. The molecule has 0 bridgehead atoms. The topological polar surface area (TPSA) is 43.8 Å². The lowest BCUT2D eigenvalue weighted by Crippen LogP contribution is -2.02. The fourth-order valence-corrected chi connectivity index (χ4v) is 1.93. The molecule has 2 aromatic rings. The molecule has 0 radical (unpaired) electrons. The summed E-state index contributed by atoms with van der Waals surface area (Å²) < 4.78 is 15.4. The van der Waals surface area contributed by atoms with E-state index in [9.17, 15) is 4.39 Å². The number of nitrogens with zero attached hydrogens (tertiary/aromatic N) is 2. The van der Waals surface area contributed by atoms with Gasteiger partial charge in [-0.2, -0.15) is 0 Å². The summed E-state index contributed by atoms with van der Waals surface area (Å²) in [6.07, 6.45) is 0. The number of rotatable bonds is 2. The van der Waals surface area contributed by atoms with E-state index in [0.717, 1.165) is 17.9 Å². The molecule has 90 valence electrons. The van der Waals surface area contributed by atoms with Gasteiger partial charge in [-0.3, -0.25) is 0 Å². The van der Waals surface area contributed by atoms with Crippen LogP contribution >= 0.6 is 0 Å². The van der Waals surface area contributed by atoms with Crippen molar-refractivity contribution in [2.75, 3.05) is 5.73 Å². The molecule has 1 aromatic carbocycles. The highest BCUT2D eigenvalue weighted by molar-refractivity contribution is 5.71. The van der Waals surface area contributed by atoms with Gasteiger partial charge in [-0.1, -0.05) is 12.1 Å². The van der Waals surface area contributed by atoms with E-state index in [4.69, 9.17) is 5.73 Å². The number of anilines is 1. The number of hydrogen-bond acceptors (Lipinski definition) is 2. The number of aromatic nitrogens is 2. The van der Waals surface area contributed by atoms with Gasteiger partial charge in [0.05, 0.1) is 0 Å². The van der Waals surface area contributed by atoms with Crippen molar-refractivity contribution in [2.45, 2.75) is 27.3 Å². The maximum atomic E-state index is 13.5. The third-order valence-corrected chi connectivity index (χ3v) is 2.96. The van der Waals surface area contributed by atoms with Gasteiger partial charge in [-0.25, -0.2) is 9.37 Å². The van der Waals surface area contributed by atoms with Gasteiger partial charge >= 0.3 is 0 Å². The minimum absolute atomic E-state index is 0.231. The zero-order chi connectivity index (χ0) is 12.6. The average Bonchev–Trinajstić information content (AvgIpc) is 2.58. The van der Waals surface area contributed by atoms with E-state index in [0.29, 0.717) is 17.1 Å². The fourth-order valence-electron chi connectivity index (χ4n) is 1.93. The molecule has 2 N–H and O–H groups in total. The number of imidazole rings is 1. The van der Waals surface area contributed by atoms with Gasteiger partial charge < -0.3 is 10.3 Å². The highest BCUT2D eigenvalue weighted by Gasteiger charge is 2.13. The number of nitrogens with two attached hydrogens (primary N) is 1. The molecule has 1 aromatic heterocycles. The SMILES string of the molecule is CCn1c(C)nc(-c2ccc(C)c(F)c2)c1N. The Labute approximate surface area is 100 Å². The van der Waals surface area contributed by atoms with Crippen LogP contribution in [0.25, 0.3) is 11.3 Å². The molecular weight excluding hydrogens is 217 g/mol. The van der Waals surface area contributed by atoms with Crippen LogP contribution in [0.15, 0.2) is 18.2 Å². The molecule has 0 aliphatic heterocycles. The Kier molecular flexibility index (Phi) is 2.88. The van der Waals surface area contributed by atoms with E-state index < -0.39 is 0 Å². The Morgan fingerprint density at radius 1 is 1.35 bits per heavy atom. The fraction of sp³-hybridized carbons (Fsp3) is 0.308. The molecule has 0 saturated heterocycles. The van der Waals surface area contributed by atoms with Gasteiger partial charge in [0.2, 0.25) is 0 Å². The molecular formula is C13H16FN3. The van der Waals surface area contributed by atoms with Gasteiger partial charge in [-0.15, -0.1) is 0 Å². The Bertz CT molecular complexity index is 558. The van der Waals surface area contributed by atoms with Gasteiger partial charge in [0.25, 0.3) is 0 Å². The minimum atomic E-state index is -0.231. The molecule has 4 heteroatoms. The Hall–Kier alpha value is -1.84. The first-order valence-electron chi connectivity index (χ1n) is 5.63. The average molecular weight is 233 g/mol. The van der Waals surface area contributed by atoms with Crippen LogP contribution < -0.4 is 5.73 Å². The summed E-state index contributed by atoms with van der Waals surface area (Å²) in [5, 5.41) is 0. The van der Waals surface area contributed by atoms with Gasteiger partial charge in [0, 0.05) is 12.1 Å². The Morgan fingerprint density at radius 3 is 2.59 bits per heavy atom. The lowest BCUT2D eigenvalue weighted by atomic mass is 10.1. The zero-order valence-corrected chi connectivity index (χ0v) is 10.3. The predicted octanol–water partition coefficient (Wildman–Crippen LogP) is 2.91. The second-order valence-electron chi connectivity index (χ2n) is 4.10. The first-order valence-corrected chi connectivity index (χ1v) is 5.63. The maximum absolute atomic E-state index is 13.5. The predicted molar refractivity (Wildman–Crippen MR) is 67.2 cm³/mol. The second-order valence-corrected chi connectivity index (χ2v) is 4.10. The normalized spacial score (nSPS) is 10.8. The van der Waals surface area contributed by atoms with Crippen LogP contribution in [-0.4, -0.2) is 9.55 Å². The molecule has 0 spiro atoms. The van der Waals surface area contributed by atoms with Crippen LogP contribution in [-0.2, 0) is 6.54 Å². The molecule has 0 atom stereocenters. The first kappa shape index (κ1) is 11.6. The van der Waals surface area contributed by atoms with Crippen molar-refractivity contribution in [1.29, 1.82) is 0 Å². The molecule has 17 heavy (non-hydrogen) atoms. The number of hydrogen-bond donors (Lipinski definition) is 1. The number of aryl methyl sites for hydroxylation is 2. The summed E-state index contributed by atoms with van der Waals surface area (Å²) in [4.78, 5) is 4.39. The van der Waals surface area contributed by atoms with E-state index in [1.54, 1.807) is 13.0 Å². The number of benzene rings is 1. The maximum Gasteiger partial charge on any atom is 0.131 e. The van der Waals surface area contributed by atoms with Gasteiger partial charge in [-0.05, 0) is 32.4 Å². The molecule has 1 heterocycles. The third kappa shape index (κ3) is 1.90. The van der Waals surface area contributed by atoms with E-state index in [-0.39, 0.29) is 5.82 Å². The summed E-state index contributed by atoms with van der Waals surface area (Å²) in [5.41, 5.74) is 8.02. The summed E-state index contributed by atoms with van der Waals surface area (Å²) in [6.45, 7) is 6.40. The Morgan fingerprint density at radius 2 is 2.06 bits per heavy atom. The van der Waals surface area contributed by atoms with Crippen molar-refractivity contribution < 1.29 is 4.39 Å². The molecule has 0 amide bonds. The van der Waals surface area contributed by atoms with Crippen LogP contribution in [0.4, 0.5) is 10.2 Å². The summed E-state index contributed by atoms with van der Waals surface area (Å²) in [7, 11) is 0. The van der Waals surface area contributed by atoms with Crippen molar-refractivity contribution in [3.05, 3.63) is 35.4 Å². The summed E-state index contributed by atoms with van der Waals surface area (Å²) >= 11 is 0. The van der Waals surface area contributed by atoms with E-state index in [1.807, 2.05) is 24.5 Å². The second kappa shape index (κ2) is 4.20. The standard InChI is InChI=1S/C13H16FN3/c1-4-17-9(3)16-12(13(17)15)10-6-5-8(2)11(14)7-10/h5-7H,4,15H2,1-3H3. The van der Waals surface area contributed by atoms with Crippen LogP contribution in [0.1, 0.15) is 18.3 Å². The van der Waals surface area contributed by atoms with Gasteiger partial charge in [0.1, 0.15) is 23.2 Å². The molecule has 0 saturated carbocycles. The molecule has 0 fully saturated rings. The van der Waals surface area contributed by atoms with Crippen molar-refractivity contribution in [1.82, 2.24) is 9.55 Å². The van der Waals surface area contributed by atoms with Crippen LogP contribution in [0, 0.1) is 19.7 Å². The van der Waals surface area contributed by atoms with Crippen molar-refractivity contribution in [3.8, 4) is 11.3 Å². The Balaban J connectivity index is 2.57. The molecule has 2 rings (SSSR count). The van der Waals surface area contributed by atoms with E-state index in [1.165, 1.54) is 6.07 Å². The van der Waals surface area contributed by atoms with E-state index >= 15 is 0 Å². The lowest BCUT2D eigenvalue weighted by Gasteiger charge is -2.04. The van der Waals surface area contributed by atoms with Crippen molar-refractivity contribution in [3.63, 3.8) is 0 Å². The summed E-state index contributed by atoms with van der Waals surface area (Å²) in [5.74, 6) is 1.21. The molecule has 0 aliphatic carbocycles. The zero-order valence-electron chi connectivity index (χ0n) is 10.3. The monoisotopic (exact) mass is 233 g/mol. The van der Waals surface area contributed by atoms with Crippen LogP contribution in [0.5, 0.6) is 0 Å². The highest BCUT2D eigenvalue weighted by Crippen LogP contribution is 2.27. The smallest absolute Gasteiger partial charge is 0.131 e. The number of halogens is 1. The largest absolute Gasteiger partial charge is 0.383 e. The highest BCUT2D eigenvalue weighted by atomic mass is 19.1. The molecule has 3 nitrogen and oxygen atoms in total.